The highest BCUT2D eigenvalue weighted by Gasteiger charge is 2.17. The Kier molecular flexibility index (Phi) is 7.23. The lowest BCUT2D eigenvalue weighted by Gasteiger charge is -2.18. The Morgan fingerprint density at radius 1 is 1.04 bits per heavy atom. The van der Waals surface area contributed by atoms with Crippen LogP contribution in [0.2, 0.25) is 0 Å². The number of ether oxygens (including phenoxy) is 3. The van der Waals surface area contributed by atoms with Gasteiger partial charge in [0.1, 0.15) is 11.5 Å². The normalized spacial score (nSPS) is 11.4. The quantitative estimate of drug-likeness (QED) is 0.721. The van der Waals surface area contributed by atoms with Crippen LogP contribution in [0.15, 0.2) is 42.5 Å². The van der Waals surface area contributed by atoms with Gasteiger partial charge in [0.15, 0.2) is 6.61 Å². The highest BCUT2D eigenvalue weighted by molar-refractivity contribution is 5.91. The van der Waals surface area contributed by atoms with E-state index in [1.54, 1.807) is 44.6 Å². The van der Waals surface area contributed by atoms with Crippen molar-refractivity contribution in [2.75, 3.05) is 20.8 Å². The molecule has 0 radical (unpaired) electrons. The molecule has 27 heavy (non-hydrogen) atoms. The van der Waals surface area contributed by atoms with Crippen LogP contribution in [-0.2, 0) is 16.0 Å². The minimum absolute atomic E-state index is 0.343. The third-order valence-corrected chi connectivity index (χ3v) is 4.21. The molecule has 0 aliphatic carbocycles. The van der Waals surface area contributed by atoms with Crippen molar-refractivity contribution >= 4 is 11.9 Å². The lowest BCUT2D eigenvalue weighted by molar-refractivity contribution is -0.124. The number of benzene rings is 2. The van der Waals surface area contributed by atoms with Gasteiger partial charge in [0.05, 0.1) is 25.8 Å². The van der Waals surface area contributed by atoms with Gasteiger partial charge in [-0.3, -0.25) is 4.79 Å². The molecule has 0 aliphatic heterocycles. The summed E-state index contributed by atoms with van der Waals surface area (Å²) in [4.78, 5) is 24.2. The SMILES string of the molecule is CCc1ccc(C(=O)OCC(=O)NC(C)c2cc(OC)ccc2OC)cc1. The monoisotopic (exact) mass is 371 g/mol. The van der Waals surface area contributed by atoms with E-state index >= 15 is 0 Å². The lowest BCUT2D eigenvalue weighted by Crippen LogP contribution is -2.31. The number of amides is 1. The van der Waals surface area contributed by atoms with Gasteiger partial charge in [0.25, 0.3) is 5.91 Å². The molecule has 1 atom stereocenters. The van der Waals surface area contributed by atoms with Gasteiger partial charge in [-0.25, -0.2) is 4.79 Å². The van der Waals surface area contributed by atoms with Crippen molar-refractivity contribution in [3.63, 3.8) is 0 Å². The zero-order chi connectivity index (χ0) is 19.8. The zero-order valence-electron chi connectivity index (χ0n) is 16.1. The fourth-order valence-electron chi connectivity index (χ4n) is 2.63. The van der Waals surface area contributed by atoms with Crippen molar-refractivity contribution < 1.29 is 23.8 Å². The topological polar surface area (TPSA) is 73.9 Å². The molecule has 2 aromatic rings. The molecule has 2 aromatic carbocycles. The van der Waals surface area contributed by atoms with E-state index in [0.29, 0.717) is 17.1 Å². The minimum Gasteiger partial charge on any atom is -0.497 e. The number of hydrogen-bond donors (Lipinski definition) is 1. The Bertz CT molecular complexity index is 786. The highest BCUT2D eigenvalue weighted by atomic mass is 16.5. The van der Waals surface area contributed by atoms with E-state index in [1.807, 2.05) is 26.0 Å². The predicted octanol–water partition coefficient (Wildman–Crippen LogP) is 3.30. The van der Waals surface area contributed by atoms with Crippen molar-refractivity contribution in [1.82, 2.24) is 5.32 Å². The molecule has 144 valence electrons. The Morgan fingerprint density at radius 3 is 2.33 bits per heavy atom. The molecule has 0 heterocycles. The molecule has 0 saturated heterocycles. The number of hydrogen-bond acceptors (Lipinski definition) is 5. The first-order chi connectivity index (χ1) is 13.0. The second-order valence-corrected chi connectivity index (χ2v) is 6.02. The molecule has 0 bridgehead atoms. The summed E-state index contributed by atoms with van der Waals surface area (Å²) < 4.78 is 15.6. The maximum Gasteiger partial charge on any atom is 0.338 e. The van der Waals surface area contributed by atoms with Crippen molar-refractivity contribution in [3.05, 3.63) is 59.2 Å². The Hall–Kier alpha value is -3.02. The smallest absolute Gasteiger partial charge is 0.338 e. The molecule has 2 rings (SSSR count). The number of nitrogens with one attached hydrogen (secondary N) is 1. The van der Waals surface area contributed by atoms with Crippen LogP contribution in [0.1, 0.15) is 41.4 Å². The Balaban J connectivity index is 1.93. The first kappa shape index (κ1) is 20.3. The van der Waals surface area contributed by atoms with Gasteiger partial charge in [-0.2, -0.15) is 0 Å². The summed E-state index contributed by atoms with van der Waals surface area (Å²) >= 11 is 0. The predicted molar refractivity (Wildman–Crippen MR) is 102 cm³/mol. The number of carbonyl (C=O) groups excluding carboxylic acids is 2. The van der Waals surface area contributed by atoms with E-state index in [2.05, 4.69) is 5.32 Å². The Morgan fingerprint density at radius 2 is 1.74 bits per heavy atom. The van der Waals surface area contributed by atoms with Crippen molar-refractivity contribution in [1.29, 1.82) is 0 Å². The second-order valence-electron chi connectivity index (χ2n) is 6.02. The molecule has 1 unspecified atom stereocenters. The maximum absolute atomic E-state index is 12.2. The van der Waals surface area contributed by atoms with Gasteiger partial charge in [-0.15, -0.1) is 0 Å². The number of esters is 1. The first-order valence-corrected chi connectivity index (χ1v) is 8.75. The summed E-state index contributed by atoms with van der Waals surface area (Å²) in [5.74, 6) is 0.371. The molecule has 0 saturated carbocycles. The third-order valence-electron chi connectivity index (χ3n) is 4.21. The van der Waals surface area contributed by atoms with Crippen LogP contribution in [0, 0.1) is 0 Å². The van der Waals surface area contributed by atoms with E-state index in [1.165, 1.54) is 0 Å². The molecule has 6 heteroatoms. The van der Waals surface area contributed by atoms with E-state index in [9.17, 15) is 9.59 Å². The van der Waals surface area contributed by atoms with E-state index in [-0.39, 0.29) is 12.6 Å². The third kappa shape index (κ3) is 5.48. The Labute approximate surface area is 159 Å². The second kappa shape index (κ2) is 9.62. The fourth-order valence-corrected chi connectivity index (χ4v) is 2.63. The van der Waals surface area contributed by atoms with Gasteiger partial charge in [0, 0.05) is 5.56 Å². The number of aryl methyl sites for hydroxylation is 1. The van der Waals surface area contributed by atoms with Crippen LogP contribution in [-0.4, -0.2) is 32.7 Å². The lowest BCUT2D eigenvalue weighted by atomic mass is 10.1. The molecule has 0 fully saturated rings. The van der Waals surface area contributed by atoms with Crippen molar-refractivity contribution in [2.24, 2.45) is 0 Å². The number of carbonyl (C=O) groups is 2. The van der Waals surface area contributed by atoms with Crippen LogP contribution in [0.3, 0.4) is 0 Å². The van der Waals surface area contributed by atoms with Crippen LogP contribution in [0.4, 0.5) is 0 Å². The zero-order valence-corrected chi connectivity index (χ0v) is 16.1. The molecular weight excluding hydrogens is 346 g/mol. The van der Waals surface area contributed by atoms with Gasteiger partial charge < -0.3 is 19.5 Å². The van der Waals surface area contributed by atoms with Crippen LogP contribution >= 0.6 is 0 Å². The summed E-state index contributed by atoms with van der Waals surface area (Å²) in [7, 11) is 3.13. The molecule has 0 spiro atoms. The molecule has 1 amide bonds. The van der Waals surface area contributed by atoms with Crippen LogP contribution in [0.25, 0.3) is 0 Å². The summed E-state index contributed by atoms with van der Waals surface area (Å²) in [6.07, 6.45) is 0.892. The fraction of sp³-hybridized carbons (Fsp3) is 0.333. The molecule has 0 aromatic heterocycles. The largest absolute Gasteiger partial charge is 0.497 e. The molecule has 0 aliphatic rings. The number of rotatable bonds is 8. The van der Waals surface area contributed by atoms with Crippen molar-refractivity contribution in [3.8, 4) is 11.5 Å². The molecular formula is C21H25NO5. The van der Waals surface area contributed by atoms with Crippen molar-refractivity contribution in [2.45, 2.75) is 26.3 Å². The summed E-state index contributed by atoms with van der Waals surface area (Å²) in [6, 6.07) is 12.1. The average molecular weight is 371 g/mol. The standard InChI is InChI=1S/C21H25NO5/c1-5-15-6-8-16(9-7-15)21(24)27-13-20(23)22-14(2)18-12-17(25-3)10-11-19(18)26-4/h6-12,14H,5,13H2,1-4H3,(H,22,23). The summed E-state index contributed by atoms with van der Waals surface area (Å²) in [5.41, 5.74) is 2.32. The van der Waals surface area contributed by atoms with Gasteiger partial charge in [0.2, 0.25) is 0 Å². The summed E-state index contributed by atoms with van der Waals surface area (Å²) in [6.45, 7) is 3.50. The van der Waals surface area contributed by atoms with Crippen LogP contribution < -0.4 is 14.8 Å². The highest BCUT2D eigenvalue weighted by Crippen LogP contribution is 2.29. The summed E-state index contributed by atoms with van der Waals surface area (Å²) in [5, 5.41) is 2.80. The van der Waals surface area contributed by atoms with E-state index in [4.69, 9.17) is 14.2 Å². The minimum atomic E-state index is -0.528. The molecule has 6 nitrogen and oxygen atoms in total. The van der Waals surface area contributed by atoms with Gasteiger partial charge in [-0.05, 0) is 49.2 Å². The van der Waals surface area contributed by atoms with E-state index < -0.39 is 11.9 Å². The maximum atomic E-state index is 12.2. The average Bonchev–Trinajstić information content (AvgIpc) is 2.71. The van der Waals surface area contributed by atoms with E-state index in [0.717, 1.165) is 17.5 Å². The first-order valence-electron chi connectivity index (χ1n) is 8.75. The molecule has 1 N–H and O–H groups in total. The number of methoxy groups -OCH3 is 2. The van der Waals surface area contributed by atoms with Crippen LogP contribution in [0.5, 0.6) is 11.5 Å². The van der Waals surface area contributed by atoms with Gasteiger partial charge in [-0.1, -0.05) is 19.1 Å². The van der Waals surface area contributed by atoms with Gasteiger partial charge >= 0.3 is 5.97 Å².